The van der Waals surface area contributed by atoms with E-state index in [1.165, 1.54) is 6.08 Å². The largest absolute Gasteiger partial charge is 0.497 e. The zero-order chi connectivity index (χ0) is 25.8. The van der Waals surface area contributed by atoms with Crippen LogP contribution in [0, 0.1) is 0 Å². The molecule has 0 saturated heterocycles. The number of carbonyl (C=O) groups excluding carboxylic acids is 1. The molecule has 0 fully saturated rings. The Balaban J connectivity index is 1.60. The van der Waals surface area contributed by atoms with Crippen molar-refractivity contribution < 1.29 is 19.0 Å². The summed E-state index contributed by atoms with van der Waals surface area (Å²) in [5.41, 5.74) is 5.28. The van der Waals surface area contributed by atoms with Gasteiger partial charge in [-0.05, 0) is 60.7 Å². The van der Waals surface area contributed by atoms with Gasteiger partial charge in [-0.15, -0.1) is 0 Å². The second-order valence-electron chi connectivity index (χ2n) is 8.23. The van der Waals surface area contributed by atoms with Gasteiger partial charge in [0, 0.05) is 22.8 Å². The summed E-state index contributed by atoms with van der Waals surface area (Å²) in [7, 11) is 4.79. The van der Waals surface area contributed by atoms with Crippen molar-refractivity contribution >= 4 is 17.5 Å². The van der Waals surface area contributed by atoms with Crippen molar-refractivity contribution in [2.24, 2.45) is 0 Å². The third-order valence-electron chi connectivity index (χ3n) is 5.98. The third-order valence-corrected chi connectivity index (χ3v) is 5.98. The van der Waals surface area contributed by atoms with Gasteiger partial charge in [-0.1, -0.05) is 30.3 Å². The number of ketones is 1. The first-order chi connectivity index (χ1) is 18.1. The molecule has 0 saturated carbocycles. The number of ether oxygens (including phenoxy) is 3. The Bertz CT molecular complexity index is 1590. The van der Waals surface area contributed by atoms with Gasteiger partial charge in [-0.25, -0.2) is 9.50 Å². The predicted molar refractivity (Wildman–Crippen MR) is 143 cm³/mol. The first-order valence-corrected chi connectivity index (χ1v) is 11.6. The summed E-state index contributed by atoms with van der Waals surface area (Å²) in [5.74, 6) is 1.80. The fraction of sp³-hybridized carbons (Fsp3) is 0.100. The SMILES string of the molecule is COc1ccc(C(=O)/C=C/c2cc(-c3ccc(OC)c(OC)c3)n3nc(-c4ccccc4)cc3n2)cc1. The Morgan fingerprint density at radius 2 is 1.54 bits per heavy atom. The molecule has 0 amide bonds. The molecule has 0 spiro atoms. The van der Waals surface area contributed by atoms with Gasteiger partial charge in [0.05, 0.1) is 38.4 Å². The number of benzene rings is 3. The average molecular weight is 492 g/mol. The van der Waals surface area contributed by atoms with Crippen LogP contribution < -0.4 is 14.2 Å². The first-order valence-electron chi connectivity index (χ1n) is 11.6. The highest BCUT2D eigenvalue weighted by atomic mass is 16.5. The lowest BCUT2D eigenvalue weighted by Crippen LogP contribution is -2.00. The maximum atomic E-state index is 12.8. The molecule has 0 unspecified atom stereocenters. The van der Waals surface area contributed by atoms with Crippen LogP contribution in [0.1, 0.15) is 16.1 Å². The van der Waals surface area contributed by atoms with Crippen LogP contribution in [0.15, 0.2) is 91.0 Å². The monoisotopic (exact) mass is 491 g/mol. The molecule has 37 heavy (non-hydrogen) atoms. The van der Waals surface area contributed by atoms with E-state index < -0.39 is 0 Å². The second kappa shape index (κ2) is 10.4. The summed E-state index contributed by atoms with van der Waals surface area (Å²) in [6.45, 7) is 0. The molecule has 2 heterocycles. The minimum absolute atomic E-state index is 0.129. The molecular weight excluding hydrogens is 466 g/mol. The number of methoxy groups -OCH3 is 3. The summed E-state index contributed by atoms with van der Waals surface area (Å²) >= 11 is 0. The Hall–Kier alpha value is -4.91. The van der Waals surface area contributed by atoms with E-state index in [0.717, 1.165) is 22.5 Å². The number of hydrogen-bond acceptors (Lipinski definition) is 6. The van der Waals surface area contributed by atoms with E-state index in [1.807, 2.05) is 60.7 Å². The number of carbonyl (C=O) groups is 1. The molecule has 7 nitrogen and oxygen atoms in total. The highest BCUT2D eigenvalue weighted by Gasteiger charge is 2.14. The lowest BCUT2D eigenvalue weighted by atomic mass is 10.1. The van der Waals surface area contributed by atoms with Gasteiger partial charge >= 0.3 is 0 Å². The highest BCUT2D eigenvalue weighted by Crippen LogP contribution is 2.33. The molecular formula is C30H25N3O4. The lowest BCUT2D eigenvalue weighted by Gasteiger charge is -2.11. The first kappa shape index (κ1) is 23.8. The van der Waals surface area contributed by atoms with Crippen molar-refractivity contribution in [1.82, 2.24) is 14.6 Å². The molecule has 0 aliphatic heterocycles. The van der Waals surface area contributed by atoms with Gasteiger partial charge in [-0.3, -0.25) is 4.79 Å². The molecule has 2 aromatic heterocycles. The zero-order valence-electron chi connectivity index (χ0n) is 20.7. The fourth-order valence-corrected chi connectivity index (χ4v) is 4.04. The summed E-state index contributed by atoms with van der Waals surface area (Å²) in [6, 6.07) is 26.4. The molecule has 184 valence electrons. The van der Waals surface area contributed by atoms with Gasteiger partial charge in [0.15, 0.2) is 22.9 Å². The number of hydrogen-bond donors (Lipinski definition) is 0. The van der Waals surface area contributed by atoms with E-state index in [-0.39, 0.29) is 5.78 Å². The van der Waals surface area contributed by atoms with Gasteiger partial charge in [0.25, 0.3) is 0 Å². The Morgan fingerprint density at radius 3 is 2.24 bits per heavy atom. The van der Waals surface area contributed by atoms with Gasteiger partial charge in [0.2, 0.25) is 0 Å². The highest BCUT2D eigenvalue weighted by molar-refractivity contribution is 6.06. The number of allylic oxidation sites excluding steroid dienone is 1. The van der Waals surface area contributed by atoms with E-state index in [1.54, 1.807) is 56.2 Å². The molecule has 5 rings (SSSR count). The number of aromatic nitrogens is 3. The quantitative estimate of drug-likeness (QED) is 0.196. The summed E-state index contributed by atoms with van der Waals surface area (Å²) in [4.78, 5) is 17.5. The van der Waals surface area contributed by atoms with Gasteiger partial charge in [-0.2, -0.15) is 5.10 Å². The molecule has 0 aliphatic carbocycles. The van der Waals surface area contributed by atoms with Crippen molar-refractivity contribution in [3.63, 3.8) is 0 Å². The lowest BCUT2D eigenvalue weighted by molar-refractivity contribution is 0.104. The van der Waals surface area contributed by atoms with Gasteiger partial charge in [0.1, 0.15) is 5.75 Å². The molecule has 7 heteroatoms. The van der Waals surface area contributed by atoms with Crippen LogP contribution in [0.2, 0.25) is 0 Å². The van der Waals surface area contributed by atoms with Crippen molar-refractivity contribution in [2.45, 2.75) is 0 Å². The molecule has 0 atom stereocenters. The smallest absolute Gasteiger partial charge is 0.185 e. The topological polar surface area (TPSA) is 75.0 Å². The normalized spacial score (nSPS) is 11.1. The van der Waals surface area contributed by atoms with Crippen LogP contribution >= 0.6 is 0 Å². The van der Waals surface area contributed by atoms with Crippen LogP contribution in [0.4, 0.5) is 0 Å². The molecule has 0 N–H and O–H groups in total. The second-order valence-corrected chi connectivity index (χ2v) is 8.23. The third kappa shape index (κ3) is 4.92. The Kier molecular flexibility index (Phi) is 6.68. The molecule has 3 aromatic carbocycles. The number of nitrogens with zero attached hydrogens (tertiary/aromatic N) is 3. The molecule has 0 aliphatic rings. The minimum atomic E-state index is -0.129. The molecule has 0 bridgehead atoms. The van der Waals surface area contributed by atoms with E-state index >= 15 is 0 Å². The minimum Gasteiger partial charge on any atom is -0.497 e. The predicted octanol–water partition coefficient (Wildman–Crippen LogP) is 5.99. The average Bonchev–Trinajstić information content (AvgIpc) is 3.40. The Morgan fingerprint density at radius 1 is 0.784 bits per heavy atom. The fourth-order valence-electron chi connectivity index (χ4n) is 4.04. The van der Waals surface area contributed by atoms with Crippen LogP contribution in [0.3, 0.4) is 0 Å². The van der Waals surface area contributed by atoms with E-state index in [4.69, 9.17) is 24.3 Å². The Labute approximate surface area is 214 Å². The maximum absolute atomic E-state index is 12.8. The van der Waals surface area contributed by atoms with Crippen LogP contribution in [0.5, 0.6) is 17.2 Å². The van der Waals surface area contributed by atoms with E-state index in [2.05, 4.69) is 0 Å². The van der Waals surface area contributed by atoms with Crippen molar-refractivity contribution in [3.05, 3.63) is 102 Å². The van der Waals surface area contributed by atoms with E-state index in [9.17, 15) is 4.79 Å². The van der Waals surface area contributed by atoms with Crippen LogP contribution in [-0.2, 0) is 0 Å². The van der Waals surface area contributed by atoms with Crippen molar-refractivity contribution in [1.29, 1.82) is 0 Å². The molecule has 5 aromatic rings. The number of rotatable bonds is 8. The summed E-state index contributed by atoms with van der Waals surface area (Å²) in [6.07, 6.45) is 3.24. The van der Waals surface area contributed by atoms with Crippen LogP contribution in [0.25, 0.3) is 34.2 Å². The molecule has 0 radical (unpaired) electrons. The standard InChI is InChI=1S/C30H25N3O4/c1-35-24-13-9-21(10-14-24)27(34)15-12-23-18-26(22-11-16-28(36-2)29(17-22)37-3)33-30(31-23)19-25(32-33)20-7-5-4-6-8-20/h4-19H,1-3H3/b15-12+. The van der Waals surface area contributed by atoms with Crippen molar-refractivity contribution in [2.75, 3.05) is 21.3 Å². The van der Waals surface area contributed by atoms with E-state index in [0.29, 0.717) is 34.2 Å². The number of fused-ring (bicyclic) bond motifs is 1. The summed E-state index contributed by atoms with van der Waals surface area (Å²) in [5, 5.41) is 4.84. The van der Waals surface area contributed by atoms with Crippen LogP contribution in [-0.4, -0.2) is 41.7 Å². The summed E-state index contributed by atoms with van der Waals surface area (Å²) < 4.78 is 17.9. The van der Waals surface area contributed by atoms with Crippen molar-refractivity contribution in [3.8, 4) is 39.8 Å². The van der Waals surface area contributed by atoms with Gasteiger partial charge < -0.3 is 14.2 Å². The zero-order valence-corrected chi connectivity index (χ0v) is 20.7. The maximum Gasteiger partial charge on any atom is 0.185 e.